The molecule has 1 atom stereocenters. The molecule has 37 heavy (non-hydrogen) atoms. The molecule has 0 aliphatic carbocycles. The minimum absolute atomic E-state index is 0.289. The average molecular weight is 536 g/mol. The van der Waals surface area contributed by atoms with E-state index in [4.69, 9.17) is 32.7 Å². The number of hydrogen-bond acceptors (Lipinski definition) is 6. The van der Waals surface area contributed by atoms with Crippen LogP contribution in [0.15, 0.2) is 84.3 Å². The first-order chi connectivity index (χ1) is 17.9. The number of hydrogen-bond donors (Lipinski definition) is 2. The number of allylic oxidation sites excluding steroid dienone is 1. The van der Waals surface area contributed by atoms with Gasteiger partial charge in [0, 0.05) is 5.70 Å². The Morgan fingerprint density at radius 2 is 1.92 bits per heavy atom. The van der Waals surface area contributed by atoms with Crippen molar-refractivity contribution in [2.75, 3.05) is 17.7 Å². The fourth-order valence-electron chi connectivity index (χ4n) is 4.20. The van der Waals surface area contributed by atoms with Crippen molar-refractivity contribution < 1.29 is 14.3 Å². The summed E-state index contributed by atoms with van der Waals surface area (Å²) in [6.07, 6.45) is 1.45. The van der Waals surface area contributed by atoms with Gasteiger partial charge >= 0.3 is 0 Å². The Morgan fingerprint density at radius 1 is 1.08 bits per heavy atom. The number of amides is 1. The number of para-hydroxylation sites is 2. The van der Waals surface area contributed by atoms with E-state index >= 15 is 0 Å². The van der Waals surface area contributed by atoms with Crippen molar-refractivity contribution >= 4 is 40.7 Å². The molecule has 4 aromatic rings. The number of fused-ring (bicyclic) bond motifs is 1. The summed E-state index contributed by atoms with van der Waals surface area (Å²) in [5.74, 6) is 1.45. The van der Waals surface area contributed by atoms with Gasteiger partial charge in [-0.15, -0.1) is 0 Å². The number of halogens is 2. The third-order valence-electron chi connectivity index (χ3n) is 5.96. The van der Waals surface area contributed by atoms with Gasteiger partial charge in [-0.3, -0.25) is 4.79 Å². The molecule has 0 saturated carbocycles. The second kappa shape index (κ2) is 10.5. The van der Waals surface area contributed by atoms with Gasteiger partial charge in [-0.05, 0) is 54.4 Å². The van der Waals surface area contributed by atoms with Crippen LogP contribution in [0.25, 0.3) is 0 Å². The highest BCUT2D eigenvalue weighted by atomic mass is 35.5. The normalized spacial score (nSPS) is 14.5. The van der Waals surface area contributed by atoms with E-state index in [0.29, 0.717) is 51.1 Å². The molecular weight excluding hydrogens is 513 g/mol. The highest BCUT2D eigenvalue weighted by molar-refractivity contribution is 6.42. The Morgan fingerprint density at radius 3 is 2.73 bits per heavy atom. The first-order valence-corrected chi connectivity index (χ1v) is 12.2. The van der Waals surface area contributed by atoms with E-state index in [1.165, 1.54) is 6.33 Å². The van der Waals surface area contributed by atoms with E-state index in [0.717, 1.165) is 11.1 Å². The van der Waals surface area contributed by atoms with Crippen LogP contribution in [0.3, 0.4) is 0 Å². The first kappa shape index (κ1) is 24.7. The van der Waals surface area contributed by atoms with Crippen LogP contribution in [0.5, 0.6) is 11.5 Å². The van der Waals surface area contributed by atoms with Crippen LogP contribution in [-0.4, -0.2) is 27.8 Å². The van der Waals surface area contributed by atoms with Crippen LogP contribution in [0.1, 0.15) is 24.1 Å². The molecule has 5 rings (SSSR count). The zero-order valence-electron chi connectivity index (χ0n) is 20.0. The monoisotopic (exact) mass is 535 g/mol. The molecule has 0 bridgehead atoms. The average Bonchev–Trinajstić information content (AvgIpc) is 3.37. The molecule has 0 fully saturated rings. The first-order valence-electron chi connectivity index (χ1n) is 11.4. The molecule has 8 nitrogen and oxygen atoms in total. The smallest absolute Gasteiger partial charge is 0.255 e. The minimum atomic E-state index is -0.540. The predicted molar refractivity (Wildman–Crippen MR) is 143 cm³/mol. The molecule has 10 heteroatoms. The maximum Gasteiger partial charge on any atom is 0.255 e. The van der Waals surface area contributed by atoms with Crippen LogP contribution >= 0.6 is 23.2 Å². The molecule has 2 heterocycles. The summed E-state index contributed by atoms with van der Waals surface area (Å²) in [6, 6.07) is 19.6. The highest BCUT2D eigenvalue weighted by Crippen LogP contribution is 2.37. The van der Waals surface area contributed by atoms with Crippen molar-refractivity contribution in [1.29, 1.82) is 0 Å². The summed E-state index contributed by atoms with van der Waals surface area (Å²) in [5.41, 5.74) is 3.42. The molecule has 1 unspecified atom stereocenters. The van der Waals surface area contributed by atoms with Crippen LogP contribution in [0.4, 0.5) is 11.6 Å². The van der Waals surface area contributed by atoms with Crippen molar-refractivity contribution in [3.63, 3.8) is 0 Å². The number of nitrogens with one attached hydrogen (secondary N) is 2. The van der Waals surface area contributed by atoms with Crippen LogP contribution in [-0.2, 0) is 11.4 Å². The van der Waals surface area contributed by atoms with Gasteiger partial charge in [-0.1, -0.05) is 53.5 Å². The number of anilines is 2. The largest absolute Gasteiger partial charge is 0.495 e. The fraction of sp³-hybridized carbons (Fsp3) is 0.148. The molecule has 1 amide bonds. The molecule has 1 aliphatic rings. The number of aromatic nitrogens is 3. The van der Waals surface area contributed by atoms with Gasteiger partial charge in [0.15, 0.2) is 0 Å². The molecule has 0 saturated heterocycles. The highest BCUT2D eigenvalue weighted by Gasteiger charge is 2.34. The molecule has 1 aromatic heterocycles. The van der Waals surface area contributed by atoms with Gasteiger partial charge in [-0.2, -0.15) is 10.1 Å². The van der Waals surface area contributed by atoms with E-state index in [1.807, 2.05) is 49.4 Å². The van der Waals surface area contributed by atoms with Crippen molar-refractivity contribution in [1.82, 2.24) is 14.8 Å². The van der Waals surface area contributed by atoms with Crippen LogP contribution in [0, 0.1) is 0 Å². The summed E-state index contributed by atoms with van der Waals surface area (Å²) >= 11 is 12.2. The van der Waals surface area contributed by atoms with E-state index in [9.17, 15) is 4.79 Å². The number of ether oxygens (including phenoxy) is 2. The summed E-state index contributed by atoms with van der Waals surface area (Å²) in [4.78, 5) is 17.9. The molecule has 188 valence electrons. The minimum Gasteiger partial charge on any atom is -0.495 e. The topological polar surface area (TPSA) is 90.3 Å². The summed E-state index contributed by atoms with van der Waals surface area (Å²) in [6.45, 7) is 2.14. The third-order valence-corrected chi connectivity index (χ3v) is 6.70. The van der Waals surface area contributed by atoms with Gasteiger partial charge in [0.1, 0.15) is 30.5 Å². The lowest BCUT2D eigenvalue weighted by Gasteiger charge is -2.29. The van der Waals surface area contributed by atoms with Crippen molar-refractivity contribution in [3.05, 3.63) is 105 Å². The van der Waals surface area contributed by atoms with Gasteiger partial charge < -0.3 is 20.1 Å². The zero-order chi connectivity index (χ0) is 25.9. The van der Waals surface area contributed by atoms with E-state index in [-0.39, 0.29) is 5.91 Å². The standard InChI is InChI=1S/C27H23Cl2N5O3/c1-16-24(26(35)33-22-8-3-4-9-23(22)36-2)25(34-27(32-16)30-15-31-34)18-6-5-7-19(13-18)37-14-17-10-11-20(28)21(29)12-17/h3-13,15,25H,14H2,1-2H3,(H,33,35)(H,30,31,32). The number of rotatable bonds is 7. The fourth-order valence-corrected chi connectivity index (χ4v) is 4.52. The van der Waals surface area contributed by atoms with E-state index in [1.54, 1.807) is 36.1 Å². The van der Waals surface area contributed by atoms with Gasteiger partial charge in [-0.25, -0.2) is 4.68 Å². The van der Waals surface area contributed by atoms with E-state index < -0.39 is 6.04 Å². The van der Waals surface area contributed by atoms with Crippen LogP contribution < -0.4 is 20.1 Å². The Labute approximate surface area is 223 Å². The number of benzene rings is 3. The van der Waals surface area contributed by atoms with Crippen molar-refractivity contribution in [3.8, 4) is 11.5 Å². The lowest BCUT2D eigenvalue weighted by Crippen LogP contribution is -2.31. The lowest BCUT2D eigenvalue weighted by molar-refractivity contribution is -0.113. The quantitative estimate of drug-likeness (QED) is 0.297. The Kier molecular flexibility index (Phi) is 7.03. The SMILES string of the molecule is COc1ccccc1NC(=O)C1=C(C)Nc2ncnn2C1c1cccc(OCc2ccc(Cl)c(Cl)c2)c1. The number of carbonyl (C=O) groups excluding carboxylic acids is 1. The Hall–Kier alpha value is -4.01. The molecule has 3 aromatic carbocycles. The molecule has 1 aliphatic heterocycles. The number of carbonyl (C=O) groups is 1. The Bertz CT molecular complexity index is 1500. The molecule has 0 spiro atoms. The lowest BCUT2D eigenvalue weighted by atomic mass is 9.94. The summed E-state index contributed by atoms with van der Waals surface area (Å²) < 4.78 is 13.1. The summed E-state index contributed by atoms with van der Waals surface area (Å²) in [7, 11) is 1.56. The van der Waals surface area contributed by atoms with Gasteiger partial charge in [0.25, 0.3) is 5.91 Å². The second-order valence-corrected chi connectivity index (χ2v) is 9.17. The van der Waals surface area contributed by atoms with E-state index in [2.05, 4.69) is 20.7 Å². The number of methoxy groups -OCH3 is 1. The van der Waals surface area contributed by atoms with Gasteiger partial charge in [0.05, 0.1) is 28.4 Å². The molecular formula is C27H23Cl2N5O3. The van der Waals surface area contributed by atoms with Crippen molar-refractivity contribution in [2.24, 2.45) is 0 Å². The molecule has 0 radical (unpaired) electrons. The maximum atomic E-state index is 13.6. The zero-order valence-corrected chi connectivity index (χ0v) is 21.5. The number of nitrogens with zero attached hydrogens (tertiary/aromatic N) is 3. The second-order valence-electron chi connectivity index (χ2n) is 8.36. The summed E-state index contributed by atoms with van der Waals surface area (Å²) in [5, 5.41) is 11.5. The van der Waals surface area contributed by atoms with Crippen molar-refractivity contribution in [2.45, 2.75) is 19.6 Å². The molecule has 2 N–H and O–H groups in total. The predicted octanol–water partition coefficient (Wildman–Crippen LogP) is 6.10. The maximum absolute atomic E-state index is 13.6. The third kappa shape index (κ3) is 5.12. The van der Waals surface area contributed by atoms with Gasteiger partial charge in [0.2, 0.25) is 5.95 Å². The van der Waals surface area contributed by atoms with Crippen LogP contribution in [0.2, 0.25) is 10.0 Å². The Balaban J connectivity index is 1.46.